The number of nitrogens with two attached hydrogens (primary N) is 1. The molecule has 2 aliphatic heterocycles. The lowest BCUT2D eigenvalue weighted by atomic mass is 9.74. The van der Waals surface area contributed by atoms with Crippen molar-refractivity contribution in [3.8, 4) is 0 Å². The van der Waals surface area contributed by atoms with E-state index in [4.69, 9.17) is 26.2 Å². The molecule has 1 saturated heterocycles. The minimum Gasteiger partial charge on any atom is -0.481 e. The normalized spacial score (nSPS) is 18.1. The maximum atomic E-state index is 13.0. The van der Waals surface area contributed by atoms with Gasteiger partial charge in [0.25, 0.3) is 0 Å². The van der Waals surface area contributed by atoms with Gasteiger partial charge in [-0.1, -0.05) is 42.5 Å². The van der Waals surface area contributed by atoms with Crippen molar-refractivity contribution in [3.63, 3.8) is 0 Å². The summed E-state index contributed by atoms with van der Waals surface area (Å²) in [7, 11) is 0. The number of likely N-dealkylation sites (tertiary alicyclic amines) is 1. The van der Waals surface area contributed by atoms with E-state index in [1.54, 1.807) is 5.56 Å². The number of hydrogen-bond acceptors (Lipinski definition) is 7. The number of carbonyl (C=O) groups is 4. The van der Waals surface area contributed by atoms with E-state index in [1.807, 2.05) is 23.1 Å². The lowest BCUT2D eigenvalue weighted by molar-refractivity contribution is -0.170. The number of carboxylic acid groups (broad SMARTS) is 3. The first-order valence-electron chi connectivity index (χ1n) is 13.8. The first kappa shape index (κ1) is 30.2. The van der Waals surface area contributed by atoms with Crippen molar-refractivity contribution in [1.82, 2.24) is 4.90 Å². The van der Waals surface area contributed by atoms with E-state index in [0.29, 0.717) is 12.0 Å². The number of rotatable bonds is 8. The summed E-state index contributed by atoms with van der Waals surface area (Å²) in [6.07, 6.45) is 3.48. The predicted octanol–water partition coefficient (Wildman–Crippen LogP) is 1.63. The third-order valence-corrected chi connectivity index (χ3v) is 8.49. The molecule has 2 aromatic carbocycles. The SMILES string of the molecule is NC(CN1CCC2(CCc3ccccc32)CC1)C(=O)N1CCc2ccccc21.O=C(O)CC(O)(CC(=O)O)C(=O)O. The fraction of sp³-hybridized carbons (Fsp3) is 0.467. The molecule has 2 aromatic rings. The predicted molar refractivity (Wildman–Crippen MR) is 150 cm³/mol. The highest BCUT2D eigenvalue weighted by Crippen LogP contribution is 2.46. The van der Waals surface area contributed by atoms with Crippen LogP contribution in [0, 0.1) is 0 Å². The molecule has 1 aliphatic carbocycles. The van der Waals surface area contributed by atoms with E-state index in [1.165, 1.54) is 36.8 Å². The van der Waals surface area contributed by atoms with Crippen molar-refractivity contribution < 1.29 is 39.6 Å². The summed E-state index contributed by atoms with van der Waals surface area (Å²) in [5.74, 6) is -4.95. The molecule has 0 radical (unpaired) electrons. The molecule has 6 N–H and O–H groups in total. The van der Waals surface area contributed by atoms with Crippen LogP contribution in [0.2, 0.25) is 0 Å². The molecule has 1 spiro atoms. The second kappa shape index (κ2) is 12.4. The molecular formula is C30H37N3O8. The first-order valence-corrected chi connectivity index (χ1v) is 13.8. The number of aliphatic hydroxyl groups is 1. The molecule has 1 amide bonds. The Morgan fingerprint density at radius 2 is 1.41 bits per heavy atom. The smallest absolute Gasteiger partial charge is 0.336 e. The van der Waals surface area contributed by atoms with E-state index in [9.17, 15) is 19.2 Å². The van der Waals surface area contributed by atoms with Crippen molar-refractivity contribution in [2.45, 2.75) is 62.0 Å². The quantitative estimate of drug-likeness (QED) is 0.314. The number of para-hydroxylation sites is 1. The second-order valence-corrected chi connectivity index (χ2v) is 11.2. The fourth-order valence-corrected chi connectivity index (χ4v) is 6.28. The van der Waals surface area contributed by atoms with Gasteiger partial charge in [0.15, 0.2) is 5.60 Å². The van der Waals surface area contributed by atoms with E-state index in [2.05, 4.69) is 35.2 Å². The third-order valence-electron chi connectivity index (χ3n) is 8.49. The largest absolute Gasteiger partial charge is 0.481 e. The zero-order chi connectivity index (χ0) is 29.8. The molecule has 1 fully saturated rings. The zero-order valence-electron chi connectivity index (χ0n) is 22.9. The van der Waals surface area contributed by atoms with Gasteiger partial charge < -0.3 is 36.0 Å². The van der Waals surface area contributed by atoms with Gasteiger partial charge in [-0.15, -0.1) is 0 Å². The van der Waals surface area contributed by atoms with Crippen molar-refractivity contribution in [1.29, 1.82) is 0 Å². The summed E-state index contributed by atoms with van der Waals surface area (Å²) >= 11 is 0. The molecule has 41 heavy (non-hydrogen) atoms. The molecule has 2 heterocycles. The average Bonchev–Trinajstić information content (AvgIpc) is 3.51. The Kier molecular flexibility index (Phi) is 9.11. The van der Waals surface area contributed by atoms with Crippen LogP contribution in [0.4, 0.5) is 5.69 Å². The van der Waals surface area contributed by atoms with Gasteiger partial charge in [0.05, 0.1) is 18.9 Å². The van der Waals surface area contributed by atoms with Gasteiger partial charge >= 0.3 is 17.9 Å². The summed E-state index contributed by atoms with van der Waals surface area (Å²) in [5, 5.41) is 33.8. The maximum Gasteiger partial charge on any atom is 0.336 e. The number of hydrogen-bond donors (Lipinski definition) is 5. The van der Waals surface area contributed by atoms with Crippen molar-refractivity contribution in [2.75, 3.05) is 31.1 Å². The Labute approximate surface area is 238 Å². The Hall–Kier alpha value is -3.80. The van der Waals surface area contributed by atoms with Crippen LogP contribution >= 0.6 is 0 Å². The van der Waals surface area contributed by atoms with Gasteiger partial charge in [0.1, 0.15) is 0 Å². The highest BCUT2D eigenvalue weighted by molar-refractivity contribution is 5.99. The number of anilines is 1. The van der Waals surface area contributed by atoms with Gasteiger partial charge in [0, 0.05) is 18.8 Å². The lowest BCUT2D eigenvalue weighted by Crippen LogP contribution is -2.52. The number of nitrogens with zero attached hydrogens (tertiary/aromatic N) is 2. The Morgan fingerprint density at radius 1 is 0.829 bits per heavy atom. The molecule has 3 aliphatic rings. The Bertz CT molecular complexity index is 1290. The van der Waals surface area contributed by atoms with Crippen LogP contribution in [0.1, 0.15) is 48.8 Å². The monoisotopic (exact) mass is 567 g/mol. The van der Waals surface area contributed by atoms with E-state index >= 15 is 0 Å². The first-order chi connectivity index (χ1) is 19.4. The Morgan fingerprint density at radius 3 is 2.02 bits per heavy atom. The lowest BCUT2D eigenvalue weighted by Gasteiger charge is -2.41. The maximum absolute atomic E-state index is 13.0. The van der Waals surface area contributed by atoms with Crippen LogP contribution in [0.5, 0.6) is 0 Å². The third kappa shape index (κ3) is 6.75. The highest BCUT2D eigenvalue weighted by atomic mass is 16.4. The van der Waals surface area contributed by atoms with Gasteiger partial charge in [-0.2, -0.15) is 0 Å². The van der Waals surface area contributed by atoms with Crippen LogP contribution in [-0.4, -0.2) is 87.0 Å². The molecule has 11 heteroatoms. The van der Waals surface area contributed by atoms with Crippen LogP contribution in [0.25, 0.3) is 0 Å². The summed E-state index contributed by atoms with van der Waals surface area (Å²) in [6.45, 7) is 3.48. The molecule has 5 rings (SSSR count). The Balaban J connectivity index is 0.000000254. The standard InChI is InChI=1S/C24H29N3O.C6H8O7/c25-21(23(28)27-14-10-19-6-2-4-8-22(19)27)17-26-15-12-24(13-16-26)11-9-18-5-1-3-7-20(18)24;7-3(8)1-6(13,5(11)12)2-4(9)10/h1-8,21H,9-17,25H2;13H,1-2H2,(H,7,8)(H,9,10)(H,11,12). The number of aryl methyl sites for hydroxylation is 1. The van der Waals surface area contributed by atoms with Crippen LogP contribution in [-0.2, 0) is 37.4 Å². The number of amides is 1. The van der Waals surface area contributed by atoms with Crippen molar-refractivity contribution in [2.24, 2.45) is 5.73 Å². The van der Waals surface area contributed by atoms with Crippen molar-refractivity contribution in [3.05, 3.63) is 65.2 Å². The summed E-state index contributed by atoms with van der Waals surface area (Å²) in [4.78, 5) is 47.7. The van der Waals surface area contributed by atoms with E-state index in [-0.39, 0.29) is 5.91 Å². The van der Waals surface area contributed by atoms with Gasteiger partial charge in [-0.25, -0.2) is 4.79 Å². The van der Waals surface area contributed by atoms with Crippen LogP contribution in [0.3, 0.4) is 0 Å². The highest BCUT2D eigenvalue weighted by Gasteiger charge is 2.42. The van der Waals surface area contributed by atoms with Crippen LogP contribution < -0.4 is 10.6 Å². The summed E-state index contributed by atoms with van der Waals surface area (Å²) in [5.41, 5.74) is 9.40. The fourth-order valence-electron chi connectivity index (χ4n) is 6.28. The van der Waals surface area contributed by atoms with E-state index in [0.717, 1.165) is 31.7 Å². The van der Waals surface area contributed by atoms with Crippen LogP contribution in [0.15, 0.2) is 48.5 Å². The number of carboxylic acids is 3. The molecule has 1 atom stereocenters. The second-order valence-electron chi connectivity index (χ2n) is 11.2. The van der Waals surface area contributed by atoms with E-state index < -0.39 is 42.4 Å². The molecule has 0 saturated carbocycles. The minimum absolute atomic E-state index is 0.0662. The van der Waals surface area contributed by atoms with Gasteiger partial charge in [0.2, 0.25) is 5.91 Å². The molecule has 1 unspecified atom stereocenters. The number of benzene rings is 2. The summed E-state index contributed by atoms with van der Waals surface area (Å²) < 4.78 is 0. The number of fused-ring (bicyclic) bond motifs is 3. The zero-order valence-corrected chi connectivity index (χ0v) is 22.9. The van der Waals surface area contributed by atoms with Gasteiger partial charge in [-0.3, -0.25) is 14.4 Å². The minimum atomic E-state index is -2.74. The molecule has 0 bridgehead atoms. The molecule has 11 nitrogen and oxygen atoms in total. The molecule has 0 aromatic heterocycles. The van der Waals surface area contributed by atoms with Crippen molar-refractivity contribution >= 4 is 29.5 Å². The van der Waals surface area contributed by atoms with Gasteiger partial charge in [-0.05, 0) is 73.4 Å². The molecule has 220 valence electrons. The average molecular weight is 568 g/mol. The topological polar surface area (TPSA) is 182 Å². The number of carbonyl (C=O) groups excluding carboxylic acids is 1. The number of piperidine rings is 1. The number of aliphatic carboxylic acids is 3. The summed E-state index contributed by atoms with van der Waals surface area (Å²) in [6, 6.07) is 16.7. The molecular weight excluding hydrogens is 530 g/mol.